The summed E-state index contributed by atoms with van der Waals surface area (Å²) in [5.41, 5.74) is 3.00. The van der Waals surface area contributed by atoms with Crippen molar-refractivity contribution in [2.75, 3.05) is 4.90 Å². The summed E-state index contributed by atoms with van der Waals surface area (Å²) in [7, 11) is 0. The van der Waals surface area contributed by atoms with Crippen molar-refractivity contribution in [3.8, 4) is 0 Å². The zero-order chi connectivity index (χ0) is 14.3. The van der Waals surface area contributed by atoms with Gasteiger partial charge in [0.05, 0.1) is 17.8 Å². The van der Waals surface area contributed by atoms with Gasteiger partial charge in [0, 0.05) is 5.56 Å². The average Bonchev–Trinajstić information content (AvgIpc) is 2.76. The fourth-order valence-corrected chi connectivity index (χ4v) is 2.62. The van der Waals surface area contributed by atoms with Crippen LogP contribution in [0.5, 0.6) is 0 Å². The Bertz CT molecular complexity index is 721. The predicted molar refractivity (Wildman–Crippen MR) is 75.1 cm³/mol. The first kappa shape index (κ1) is 12.4. The quantitative estimate of drug-likeness (QED) is 0.910. The molecule has 0 saturated carbocycles. The van der Waals surface area contributed by atoms with Gasteiger partial charge >= 0.3 is 5.97 Å². The molecule has 4 nitrogen and oxygen atoms in total. The number of aryl methyl sites for hydroxylation is 1. The molecule has 4 heteroatoms. The van der Waals surface area contributed by atoms with Gasteiger partial charge in [0.1, 0.15) is 0 Å². The fourth-order valence-electron chi connectivity index (χ4n) is 2.62. The molecule has 100 valence electrons. The van der Waals surface area contributed by atoms with Crippen molar-refractivity contribution in [3.63, 3.8) is 0 Å². The maximum absolute atomic E-state index is 12.5. The molecule has 0 unspecified atom stereocenters. The van der Waals surface area contributed by atoms with Gasteiger partial charge in [-0.3, -0.25) is 4.79 Å². The summed E-state index contributed by atoms with van der Waals surface area (Å²) in [5, 5.41) is 9.32. The summed E-state index contributed by atoms with van der Waals surface area (Å²) in [6, 6.07) is 12.4. The van der Waals surface area contributed by atoms with Crippen molar-refractivity contribution in [2.24, 2.45) is 0 Å². The van der Waals surface area contributed by atoms with Gasteiger partial charge in [0.2, 0.25) is 0 Å². The molecule has 0 aliphatic carbocycles. The van der Waals surface area contributed by atoms with Crippen LogP contribution in [0.2, 0.25) is 0 Å². The van der Waals surface area contributed by atoms with Crippen molar-refractivity contribution in [1.82, 2.24) is 0 Å². The number of nitrogens with zero attached hydrogens (tertiary/aromatic N) is 1. The highest BCUT2D eigenvalue weighted by Crippen LogP contribution is 2.33. The maximum Gasteiger partial charge on any atom is 0.337 e. The Labute approximate surface area is 116 Å². The predicted octanol–water partition coefficient (Wildman–Crippen LogP) is 2.85. The number of carboxylic acid groups (broad SMARTS) is 1. The van der Waals surface area contributed by atoms with Crippen LogP contribution in [0.4, 0.5) is 5.69 Å². The first-order valence-electron chi connectivity index (χ1n) is 6.32. The fraction of sp³-hybridized carbons (Fsp3) is 0.125. The molecule has 0 saturated heterocycles. The van der Waals surface area contributed by atoms with Crippen LogP contribution in [0.1, 0.15) is 31.8 Å². The Morgan fingerprint density at radius 1 is 1.15 bits per heavy atom. The van der Waals surface area contributed by atoms with Crippen molar-refractivity contribution in [3.05, 3.63) is 64.7 Å². The molecular weight excluding hydrogens is 254 g/mol. The van der Waals surface area contributed by atoms with Crippen molar-refractivity contribution in [2.45, 2.75) is 13.5 Å². The highest BCUT2D eigenvalue weighted by molar-refractivity contribution is 6.13. The second-order valence-corrected chi connectivity index (χ2v) is 4.82. The monoisotopic (exact) mass is 267 g/mol. The number of carbonyl (C=O) groups excluding carboxylic acids is 1. The zero-order valence-corrected chi connectivity index (χ0v) is 11.0. The molecule has 3 rings (SSSR count). The van der Waals surface area contributed by atoms with Crippen LogP contribution in [0.3, 0.4) is 0 Å². The molecule has 0 fully saturated rings. The third kappa shape index (κ3) is 1.77. The number of carbonyl (C=O) groups is 2. The van der Waals surface area contributed by atoms with Gasteiger partial charge in [-0.25, -0.2) is 4.79 Å². The number of hydrogen-bond acceptors (Lipinski definition) is 2. The van der Waals surface area contributed by atoms with E-state index < -0.39 is 5.97 Å². The zero-order valence-electron chi connectivity index (χ0n) is 11.0. The van der Waals surface area contributed by atoms with E-state index in [0.29, 0.717) is 17.8 Å². The van der Waals surface area contributed by atoms with E-state index in [0.717, 1.165) is 11.1 Å². The molecule has 2 aromatic carbocycles. The van der Waals surface area contributed by atoms with Crippen LogP contribution in [0.25, 0.3) is 0 Å². The van der Waals surface area contributed by atoms with E-state index in [1.807, 2.05) is 31.2 Å². The van der Waals surface area contributed by atoms with Crippen molar-refractivity contribution >= 4 is 17.6 Å². The molecule has 1 heterocycles. The van der Waals surface area contributed by atoms with Gasteiger partial charge in [-0.1, -0.05) is 30.3 Å². The van der Waals surface area contributed by atoms with E-state index >= 15 is 0 Å². The first-order chi connectivity index (χ1) is 9.59. The highest BCUT2D eigenvalue weighted by Gasteiger charge is 2.31. The first-order valence-corrected chi connectivity index (χ1v) is 6.32. The Morgan fingerprint density at radius 3 is 2.60 bits per heavy atom. The van der Waals surface area contributed by atoms with Gasteiger partial charge in [-0.2, -0.15) is 0 Å². The Morgan fingerprint density at radius 2 is 1.90 bits per heavy atom. The normalized spacial score (nSPS) is 13.4. The molecule has 20 heavy (non-hydrogen) atoms. The molecule has 1 amide bonds. The molecule has 1 aliphatic rings. The van der Waals surface area contributed by atoms with Crippen LogP contribution in [0, 0.1) is 6.92 Å². The van der Waals surface area contributed by atoms with E-state index in [4.69, 9.17) is 0 Å². The van der Waals surface area contributed by atoms with E-state index in [-0.39, 0.29) is 11.5 Å². The highest BCUT2D eigenvalue weighted by atomic mass is 16.4. The molecule has 1 aliphatic heterocycles. The smallest absolute Gasteiger partial charge is 0.337 e. The van der Waals surface area contributed by atoms with Crippen LogP contribution in [-0.2, 0) is 6.54 Å². The third-order valence-corrected chi connectivity index (χ3v) is 3.56. The number of anilines is 1. The Hall–Kier alpha value is -2.62. The second kappa shape index (κ2) is 4.49. The van der Waals surface area contributed by atoms with Gasteiger partial charge in [0.25, 0.3) is 5.91 Å². The summed E-state index contributed by atoms with van der Waals surface area (Å²) in [4.78, 5) is 25.4. The lowest BCUT2D eigenvalue weighted by molar-refractivity contribution is 0.0697. The summed E-state index contributed by atoms with van der Waals surface area (Å²) in [6.45, 7) is 2.23. The molecule has 2 aromatic rings. The van der Waals surface area contributed by atoms with Crippen LogP contribution in [-0.4, -0.2) is 17.0 Å². The molecule has 0 spiro atoms. The number of para-hydroxylation sites is 1. The Balaban J connectivity index is 2.13. The number of hydrogen-bond donors (Lipinski definition) is 1. The largest absolute Gasteiger partial charge is 0.478 e. The minimum Gasteiger partial charge on any atom is -0.478 e. The molecule has 1 N–H and O–H groups in total. The number of fused-ring (bicyclic) bond motifs is 1. The summed E-state index contributed by atoms with van der Waals surface area (Å²) >= 11 is 0. The number of rotatable bonds is 2. The molecular formula is C16H13NO3. The van der Waals surface area contributed by atoms with Gasteiger partial charge in [-0.05, 0) is 30.2 Å². The van der Waals surface area contributed by atoms with E-state index in [1.165, 1.54) is 6.07 Å². The molecule has 0 aromatic heterocycles. The van der Waals surface area contributed by atoms with Gasteiger partial charge < -0.3 is 10.0 Å². The Kier molecular flexibility index (Phi) is 2.79. The SMILES string of the molecule is Cc1cccc(C(=O)O)c1N1Cc2ccccc2C1=O. The average molecular weight is 267 g/mol. The number of aromatic carboxylic acids is 1. The second-order valence-electron chi connectivity index (χ2n) is 4.82. The summed E-state index contributed by atoms with van der Waals surface area (Å²) in [6.07, 6.45) is 0. The van der Waals surface area contributed by atoms with Gasteiger partial charge in [-0.15, -0.1) is 0 Å². The van der Waals surface area contributed by atoms with Crippen molar-refractivity contribution in [1.29, 1.82) is 0 Å². The topological polar surface area (TPSA) is 57.6 Å². The lowest BCUT2D eigenvalue weighted by Gasteiger charge is -2.20. The van der Waals surface area contributed by atoms with Gasteiger partial charge in [0.15, 0.2) is 0 Å². The lowest BCUT2D eigenvalue weighted by atomic mass is 10.1. The van der Waals surface area contributed by atoms with Crippen molar-refractivity contribution < 1.29 is 14.7 Å². The maximum atomic E-state index is 12.5. The summed E-state index contributed by atoms with van der Waals surface area (Å²) in [5.74, 6) is -1.16. The minimum absolute atomic E-state index is 0.141. The number of benzene rings is 2. The van der Waals surface area contributed by atoms with Crippen LogP contribution >= 0.6 is 0 Å². The van der Waals surface area contributed by atoms with Crippen LogP contribution in [0.15, 0.2) is 42.5 Å². The van der Waals surface area contributed by atoms with Crippen LogP contribution < -0.4 is 4.90 Å². The van der Waals surface area contributed by atoms with E-state index in [1.54, 1.807) is 17.0 Å². The third-order valence-electron chi connectivity index (χ3n) is 3.56. The van der Waals surface area contributed by atoms with E-state index in [2.05, 4.69) is 0 Å². The number of carboxylic acids is 1. The summed E-state index contributed by atoms with van der Waals surface area (Å²) < 4.78 is 0. The minimum atomic E-state index is -1.02. The number of amides is 1. The lowest BCUT2D eigenvalue weighted by Crippen LogP contribution is -2.26. The molecule has 0 radical (unpaired) electrons. The molecule has 0 atom stereocenters. The molecule has 0 bridgehead atoms. The standard InChI is InChI=1S/C16H13NO3/c1-10-5-4-8-13(16(19)20)14(10)17-9-11-6-2-3-7-12(11)15(17)18/h2-8H,9H2,1H3,(H,19,20). The van der Waals surface area contributed by atoms with E-state index in [9.17, 15) is 14.7 Å².